The molecule has 0 aliphatic carbocycles. The molecule has 0 saturated heterocycles. The van der Waals surface area contributed by atoms with Gasteiger partial charge in [0.1, 0.15) is 5.15 Å². The van der Waals surface area contributed by atoms with Gasteiger partial charge >= 0.3 is 0 Å². The molecule has 0 fully saturated rings. The Morgan fingerprint density at radius 2 is 2.42 bits per heavy atom. The molecule has 0 aliphatic heterocycles. The molecule has 0 radical (unpaired) electrons. The molecule has 1 heterocycles. The predicted molar refractivity (Wildman–Crippen MR) is 49.9 cm³/mol. The Labute approximate surface area is 76.8 Å². The van der Waals surface area contributed by atoms with Crippen LogP contribution in [0.3, 0.4) is 0 Å². The van der Waals surface area contributed by atoms with E-state index in [1.54, 1.807) is 6.20 Å². The van der Waals surface area contributed by atoms with E-state index < -0.39 is 0 Å². The van der Waals surface area contributed by atoms with Gasteiger partial charge in [-0.05, 0) is 18.6 Å². The van der Waals surface area contributed by atoms with Crippen LogP contribution in [0, 0.1) is 18.8 Å². The van der Waals surface area contributed by atoms with E-state index in [0.29, 0.717) is 11.7 Å². The highest BCUT2D eigenvalue weighted by Crippen LogP contribution is 2.14. The smallest absolute Gasteiger partial charge is 0.144 e. The van der Waals surface area contributed by atoms with Crippen LogP contribution in [-0.4, -0.2) is 11.5 Å². The highest BCUT2D eigenvalue weighted by Gasteiger charge is 1.99. The third kappa shape index (κ3) is 1.97. The van der Waals surface area contributed by atoms with E-state index in [-0.39, 0.29) is 0 Å². The molecular formula is C9H9ClN2. The first-order chi connectivity index (χ1) is 5.75. The van der Waals surface area contributed by atoms with Crippen LogP contribution < -0.4 is 5.73 Å². The Kier molecular flexibility index (Phi) is 3.09. The second-order valence-corrected chi connectivity index (χ2v) is 2.66. The van der Waals surface area contributed by atoms with Crippen LogP contribution in [0.2, 0.25) is 5.15 Å². The molecule has 2 N–H and O–H groups in total. The molecule has 3 heteroatoms. The number of aromatic nitrogens is 1. The average molecular weight is 181 g/mol. The lowest BCUT2D eigenvalue weighted by molar-refractivity contribution is 1.26. The van der Waals surface area contributed by atoms with Crippen molar-refractivity contribution in [2.45, 2.75) is 6.92 Å². The van der Waals surface area contributed by atoms with Gasteiger partial charge in [-0.15, -0.1) is 0 Å². The van der Waals surface area contributed by atoms with Gasteiger partial charge in [0.25, 0.3) is 0 Å². The standard InChI is InChI=1S/C9H9ClN2/c1-7-4-6-12-9(10)8(7)3-2-5-11/h4,6H,5,11H2,1H3. The van der Waals surface area contributed by atoms with Crippen molar-refractivity contribution < 1.29 is 0 Å². The second kappa shape index (κ2) is 4.10. The molecule has 1 aromatic heterocycles. The number of hydrogen-bond donors (Lipinski definition) is 1. The Balaban J connectivity index is 3.13. The number of rotatable bonds is 0. The Morgan fingerprint density at radius 1 is 1.67 bits per heavy atom. The fourth-order valence-corrected chi connectivity index (χ4v) is 1.07. The molecule has 0 aromatic carbocycles. The van der Waals surface area contributed by atoms with Crippen molar-refractivity contribution in [3.8, 4) is 11.8 Å². The first-order valence-electron chi connectivity index (χ1n) is 3.55. The summed E-state index contributed by atoms with van der Waals surface area (Å²) >= 11 is 5.81. The quantitative estimate of drug-likeness (QED) is 0.484. The highest BCUT2D eigenvalue weighted by atomic mass is 35.5. The monoisotopic (exact) mass is 180 g/mol. The van der Waals surface area contributed by atoms with Crippen molar-refractivity contribution in [1.82, 2.24) is 4.98 Å². The number of nitrogens with zero attached hydrogens (tertiary/aromatic N) is 1. The van der Waals surface area contributed by atoms with Crippen LogP contribution in [0.4, 0.5) is 0 Å². The molecule has 0 unspecified atom stereocenters. The third-order valence-electron chi connectivity index (χ3n) is 1.43. The number of pyridine rings is 1. The summed E-state index contributed by atoms with van der Waals surface area (Å²) in [6.07, 6.45) is 1.66. The summed E-state index contributed by atoms with van der Waals surface area (Å²) in [7, 11) is 0. The normalized spacial score (nSPS) is 8.92. The molecule has 0 atom stereocenters. The molecule has 0 spiro atoms. The van der Waals surface area contributed by atoms with E-state index in [1.807, 2.05) is 13.0 Å². The van der Waals surface area contributed by atoms with Crippen molar-refractivity contribution in [2.75, 3.05) is 6.54 Å². The lowest BCUT2D eigenvalue weighted by atomic mass is 10.2. The Hall–Kier alpha value is -1.04. The summed E-state index contributed by atoms with van der Waals surface area (Å²) in [4.78, 5) is 3.91. The van der Waals surface area contributed by atoms with Crippen LogP contribution >= 0.6 is 11.6 Å². The highest BCUT2D eigenvalue weighted by molar-refractivity contribution is 6.30. The molecule has 62 valence electrons. The SMILES string of the molecule is Cc1ccnc(Cl)c1C#CCN. The van der Waals surface area contributed by atoms with E-state index in [1.165, 1.54) is 0 Å². The maximum atomic E-state index is 5.81. The molecule has 0 amide bonds. The molecule has 0 aliphatic rings. The second-order valence-electron chi connectivity index (χ2n) is 2.30. The fourth-order valence-electron chi connectivity index (χ4n) is 0.815. The van der Waals surface area contributed by atoms with Gasteiger partial charge in [0.15, 0.2) is 0 Å². The molecule has 0 saturated carbocycles. The van der Waals surface area contributed by atoms with Crippen molar-refractivity contribution >= 4 is 11.6 Å². The number of nitrogens with two attached hydrogens (primary N) is 1. The Bertz CT molecular complexity index is 316. The van der Waals surface area contributed by atoms with Crippen molar-refractivity contribution in [3.63, 3.8) is 0 Å². The summed E-state index contributed by atoms with van der Waals surface area (Å²) in [5.74, 6) is 5.61. The van der Waals surface area contributed by atoms with Crippen LogP contribution in [0.1, 0.15) is 11.1 Å². The first-order valence-corrected chi connectivity index (χ1v) is 3.93. The van der Waals surface area contributed by atoms with E-state index in [9.17, 15) is 0 Å². The zero-order valence-corrected chi connectivity index (χ0v) is 7.52. The van der Waals surface area contributed by atoms with E-state index in [2.05, 4.69) is 16.8 Å². The minimum atomic E-state index is 0.338. The minimum Gasteiger partial charge on any atom is -0.320 e. The maximum absolute atomic E-state index is 5.81. The minimum absolute atomic E-state index is 0.338. The molecule has 1 rings (SSSR count). The van der Waals surface area contributed by atoms with E-state index in [0.717, 1.165) is 11.1 Å². The van der Waals surface area contributed by atoms with Gasteiger partial charge in [-0.1, -0.05) is 23.4 Å². The van der Waals surface area contributed by atoms with Gasteiger partial charge in [-0.2, -0.15) is 0 Å². The van der Waals surface area contributed by atoms with Crippen molar-refractivity contribution in [3.05, 3.63) is 28.5 Å². The lowest BCUT2D eigenvalue weighted by Gasteiger charge is -1.97. The van der Waals surface area contributed by atoms with Gasteiger partial charge in [0.05, 0.1) is 12.1 Å². The molecule has 0 bridgehead atoms. The van der Waals surface area contributed by atoms with Crippen molar-refractivity contribution in [1.29, 1.82) is 0 Å². The zero-order chi connectivity index (χ0) is 8.97. The van der Waals surface area contributed by atoms with Crippen molar-refractivity contribution in [2.24, 2.45) is 5.73 Å². The molecule has 12 heavy (non-hydrogen) atoms. The van der Waals surface area contributed by atoms with Crippen LogP contribution in [0.15, 0.2) is 12.3 Å². The summed E-state index contributed by atoms with van der Waals surface area (Å²) in [5, 5.41) is 0.441. The van der Waals surface area contributed by atoms with E-state index in [4.69, 9.17) is 17.3 Å². The van der Waals surface area contributed by atoms with Gasteiger partial charge in [0, 0.05) is 6.20 Å². The molecule has 2 nitrogen and oxygen atoms in total. The Morgan fingerprint density at radius 3 is 3.00 bits per heavy atom. The first kappa shape index (κ1) is 9.05. The predicted octanol–water partition coefficient (Wildman–Crippen LogP) is 1.35. The summed E-state index contributed by atoms with van der Waals surface area (Å²) in [6, 6.07) is 1.87. The summed E-state index contributed by atoms with van der Waals surface area (Å²) < 4.78 is 0. The van der Waals surface area contributed by atoms with Crippen LogP contribution in [0.25, 0.3) is 0 Å². The van der Waals surface area contributed by atoms with Gasteiger partial charge in [-0.3, -0.25) is 0 Å². The van der Waals surface area contributed by atoms with Gasteiger partial charge in [0.2, 0.25) is 0 Å². The zero-order valence-electron chi connectivity index (χ0n) is 6.76. The number of hydrogen-bond acceptors (Lipinski definition) is 2. The summed E-state index contributed by atoms with van der Waals surface area (Å²) in [5.41, 5.74) is 7.03. The van der Waals surface area contributed by atoms with E-state index >= 15 is 0 Å². The third-order valence-corrected chi connectivity index (χ3v) is 1.72. The number of halogens is 1. The van der Waals surface area contributed by atoms with Gasteiger partial charge in [-0.25, -0.2) is 4.98 Å². The average Bonchev–Trinajstić information content (AvgIpc) is 2.04. The number of aryl methyl sites for hydroxylation is 1. The topological polar surface area (TPSA) is 38.9 Å². The molecular weight excluding hydrogens is 172 g/mol. The fraction of sp³-hybridized carbons (Fsp3) is 0.222. The van der Waals surface area contributed by atoms with Crippen LogP contribution in [0.5, 0.6) is 0 Å². The maximum Gasteiger partial charge on any atom is 0.144 e. The summed E-state index contributed by atoms with van der Waals surface area (Å²) in [6.45, 7) is 2.28. The largest absolute Gasteiger partial charge is 0.320 e. The lowest BCUT2D eigenvalue weighted by Crippen LogP contribution is -1.94. The van der Waals surface area contributed by atoms with Crippen LogP contribution in [-0.2, 0) is 0 Å². The molecule has 1 aromatic rings. The van der Waals surface area contributed by atoms with Gasteiger partial charge < -0.3 is 5.73 Å².